The van der Waals surface area contributed by atoms with Gasteiger partial charge in [-0.3, -0.25) is 0 Å². The maximum atomic E-state index is 5.82. The van der Waals surface area contributed by atoms with E-state index in [1.54, 1.807) is 0 Å². The fourth-order valence-electron chi connectivity index (χ4n) is 6.14. The summed E-state index contributed by atoms with van der Waals surface area (Å²) < 4.78 is 7.51. The minimum atomic E-state index is -1.77. The topological polar surface area (TPSA) is 12.5 Å². The third kappa shape index (κ3) is 8.71. The van der Waals surface area contributed by atoms with Crippen molar-refractivity contribution in [3.8, 4) is 5.75 Å². The van der Waals surface area contributed by atoms with Crippen molar-refractivity contribution < 1.29 is 18.3 Å². The van der Waals surface area contributed by atoms with E-state index >= 15 is 0 Å². The molecule has 1 saturated heterocycles. The maximum absolute atomic E-state index is 5.82. The summed E-state index contributed by atoms with van der Waals surface area (Å²) in [7, 11) is 11.6. The number of halogens is 2. The van der Waals surface area contributed by atoms with E-state index in [2.05, 4.69) is 110 Å². The number of hydrogen-bond donors (Lipinski definition) is 0. The first-order valence-electron chi connectivity index (χ1n) is 15.0. The predicted octanol–water partition coefficient (Wildman–Crippen LogP) is 11.2. The molecule has 1 aliphatic heterocycles. The van der Waals surface area contributed by atoms with Gasteiger partial charge in [0.15, 0.2) is 0 Å². The minimum absolute atomic E-state index is 0.0403. The zero-order valence-corrected chi connectivity index (χ0v) is 30.6. The average Bonchev–Trinajstić information content (AvgIpc) is 3.13. The summed E-state index contributed by atoms with van der Waals surface area (Å²) in [6, 6.07) is 21.7. The van der Waals surface area contributed by atoms with E-state index in [1.165, 1.54) is 33.5 Å². The summed E-state index contributed by atoms with van der Waals surface area (Å²) in [6.45, 7) is 27.4. The van der Waals surface area contributed by atoms with Crippen molar-refractivity contribution in [2.45, 2.75) is 111 Å². The molecule has 0 aliphatic carbocycles. The number of hydrogen-bond acceptors (Lipinski definition) is 2. The molecule has 0 aromatic heterocycles. The van der Waals surface area contributed by atoms with Crippen LogP contribution in [-0.4, -0.2) is 16.3 Å². The molecule has 1 unspecified atom stereocenters. The van der Waals surface area contributed by atoms with Gasteiger partial charge in [0.25, 0.3) is 0 Å². The molecule has 232 valence electrons. The van der Waals surface area contributed by atoms with Crippen LogP contribution in [0.4, 0.5) is 5.69 Å². The molecule has 2 nitrogen and oxygen atoms in total. The standard InChI is InChI=1S/C27H38N.C10H12O.2ClH.Ru/c1-18(2)23-11-10-12-24(19(3)4)25(23)28-17-27(9,16-26(28,7)8)22-14-20(5)13-21(6)15-22;1-8(2)11-10-7-5-4-6-9(10)3;;;/h10-15,17-19H,16H2,1-9H3;3-8H,1-2H3;2*1H;/q-1;;;;+2/p-2. The van der Waals surface area contributed by atoms with Crippen LogP contribution in [0.25, 0.3) is 0 Å². The summed E-state index contributed by atoms with van der Waals surface area (Å²) in [4.78, 5) is 2.61. The predicted molar refractivity (Wildman–Crippen MR) is 182 cm³/mol. The molecule has 0 saturated carbocycles. The van der Waals surface area contributed by atoms with Crippen LogP contribution >= 0.6 is 19.4 Å². The van der Waals surface area contributed by atoms with E-state index < -0.39 is 13.5 Å². The first-order chi connectivity index (χ1) is 19.5. The fraction of sp³-hybridized carbons (Fsp3) is 0.459. The Kier molecular flexibility index (Phi) is 11.9. The maximum Gasteiger partial charge on any atom is 0.0145 e. The first kappa shape index (κ1) is 34.8. The summed E-state index contributed by atoms with van der Waals surface area (Å²) in [5.74, 6) is 1.86. The summed E-state index contributed by atoms with van der Waals surface area (Å²) in [5.41, 5.74) is 9.60. The van der Waals surface area contributed by atoms with Gasteiger partial charge in [-0.05, 0) is 57.1 Å². The molecule has 1 aliphatic rings. The van der Waals surface area contributed by atoms with E-state index in [0.29, 0.717) is 11.8 Å². The zero-order valence-electron chi connectivity index (χ0n) is 27.3. The van der Waals surface area contributed by atoms with E-state index in [-0.39, 0.29) is 17.1 Å². The Hall–Kier alpha value is -1.67. The van der Waals surface area contributed by atoms with Gasteiger partial charge in [0.2, 0.25) is 0 Å². The van der Waals surface area contributed by atoms with Gasteiger partial charge in [-0.2, -0.15) is 0 Å². The summed E-state index contributed by atoms with van der Waals surface area (Å²) in [6.07, 6.45) is 1.28. The van der Waals surface area contributed by atoms with Crippen LogP contribution in [0.3, 0.4) is 0 Å². The molecule has 4 rings (SSSR count). The van der Waals surface area contributed by atoms with Gasteiger partial charge in [0, 0.05) is 11.2 Å². The van der Waals surface area contributed by atoms with E-state index in [9.17, 15) is 0 Å². The molecule has 0 spiro atoms. The second-order valence-electron chi connectivity index (χ2n) is 13.4. The molecule has 1 atom stereocenters. The Bertz CT molecular complexity index is 1340. The summed E-state index contributed by atoms with van der Waals surface area (Å²) in [5, 5.41) is 0. The summed E-state index contributed by atoms with van der Waals surface area (Å²) >= 11 is -1.77. The largest absolute Gasteiger partial charge is 0.517 e. The molecule has 0 N–H and O–H groups in total. The van der Waals surface area contributed by atoms with Gasteiger partial charge in [0.1, 0.15) is 0 Å². The average molecular weight is 697 g/mol. The Morgan fingerprint density at radius 2 is 1.38 bits per heavy atom. The fourth-order valence-corrected chi connectivity index (χ4v) is 7.94. The number of ether oxygens (including phenoxy) is 1. The molecule has 1 heterocycles. The van der Waals surface area contributed by atoms with Gasteiger partial charge in [-0.15, -0.1) is 5.41 Å². The number of nitrogens with zero attached hydrogens (tertiary/aromatic N) is 1. The number of benzene rings is 3. The zero-order chi connectivity index (χ0) is 31.4. The van der Waals surface area contributed by atoms with Crippen LogP contribution < -0.4 is 9.64 Å². The van der Waals surface area contributed by atoms with Crippen molar-refractivity contribution in [1.82, 2.24) is 0 Å². The Morgan fingerprint density at radius 3 is 1.88 bits per heavy atom. The third-order valence-electron chi connectivity index (χ3n) is 7.80. The normalized spacial score (nSPS) is 18.3. The molecule has 1 fully saturated rings. The van der Waals surface area contributed by atoms with Gasteiger partial charge in [-0.25, -0.2) is 6.54 Å². The molecule has 5 heteroatoms. The van der Waals surface area contributed by atoms with Crippen LogP contribution in [0.2, 0.25) is 0 Å². The van der Waals surface area contributed by atoms with Crippen molar-refractivity contribution in [3.63, 3.8) is 0 Å². The van der Waals surface area contributed by atoms with Crippen LogP contribution in [0.1, 0.15) is 114 Å². The van der Waals surface area contributed by atoms with Crippen LogP contribution in [-0.2, 0) is 18.9 Å². The first-order valence-corrected chi connectivity index (χ1v) is 20.5. The Labute approximate surface area is 269 Å². The molecule has 42 heavy (non-hydrogen) atoms. The van der Waals surface area contributed by atoms with Gasteiger partial charge >= 0.3 is 97.8 Å². The van der Waals surface area contributed by atoms with Crippen LogP contribution in [0, 0.1) is 20.4 Å². The molecule has 0 amide bonds. The van der Waals surface area contributed by atoms with E-state index in [1.807, 2.05) is 42.7 Å². The van der Waals surface area contributed by atoms with Crippen LogP contribution in [0.15, 0.2) is 60.7 Å². The van der Waals surface area contributed by atoms with Crippen molar-refractivity contribution in [1.29, 1.82) is 0 Å². The van der Waals surface area contributed by atoms with Gasteiger partial charge < -0.3 is 4.90 Å². The molecular formula is C37H50Cl2NORu-. The van der Waals surface area contributed by atoms with E-state index in [4.69, 9.17) is 24.1 Å². The van der Waals surface area contributed by atoms with Crippen molar-refractivity contribution >= 4 is 29.7 Å². The third-order valence-corrected chi connectivity index (χ3v) is 9.63. The minimum Gasteiger partial charge on any atom is -0.517 e. The second-order valence-corrected chi connectivity index (χ2v) is 19.1. The number of para-hydroxylation sites is 2. The van der Waals surface area contributed by atoms with E-state index in [0.717, 1.165) is 17.7 Å². The number of rotatable bonds is 7. The monoisotopic (exact) mass is 696 g/mol. The van der Waals surface area contributed by atoms with Crippen molar-refractivity contribution in [3.05, 3.63) is 101 Å². The second kappa shape index (κ2) is 14.4. The molecule has 0 bridgehead atoms. The number of anilines is 1. The molecule has 0 radical (unpaired) electrons. The number of aryl methyl sites for hydroxylation is 2. The van der Waals surface area contributed by atoms with Crippen LogP contribution in [0.5, 0.6) is 5.75 Å². The quantitative estimate of drug-likeness (QED) is 0.180. The smallest absolute Gasteiger partial charge is 0.0145 e. The van der Waals surface area contributed by atoms with Crippen molar-refractivity contribution in [2.75, 3.05) is 4.90 Å². The molecular weight excluding hydrogens is 646 g/mol. The molecule has 3 aromatic rings. The Balaban J connectivity index is 0.000000291. The molecule has 3 aromatic carbocycles. The van der Waals surface area contributed by atoms with Gasteiger partial charge in [-0.1, -0.05) is 87.7 Å². The van der Waals surface area contributed by atoms with Crippen molar-refractivity contribution in [2.24, 2.45) is 0 Å². The van der Waals surface area contributed by atoms with Gasteiger partial charge in [0.05, 0.1) is 0 Å². The Morgan fingerprint density at radius 1 is 0.833 bits per heavy atom. The SMILES string of the molecule is CC(C)Oc1ccccc1[CH]=[Ru]([Cl])[Cl].Cc1cc(C)cc(C2(C)[CH-]N(c3c(C(C)C)cccc3C(C)C)C(C)(C)C2)c1.